The number of aromatic nitrogens is 2. The molecule has 0 N–H and O–H groups in total. The van der Waals surface area contributed by atoms with Crippen LogP contribution in [0.25, 0.3) is 0 Å². The van der Waals surface area contributed by atoms with Gasteiger partial charge in [-0.05, 0) is 30.4 Å². The normalized spacial score (nSPS) is 21.3. The van der Waals surface area contributed by atoms with Crippen molar-refractivity contribution in [2.45, 2.75) is 32.0 Å². The molecule has 0 bridgehead atoms. The number of hydrogen-bond donors (Lipinski definition) is 0. The quantitative estimate of drug-likeness (QED) is 0.867. The Morgan fingerprint density at radius 3 is 2.96 bits per heavy atom. The van der Waals surface area contributed by atoms with Crippen LogP contribution in [0.3, 0.4) is 0 Å². The number of ether oxygens (including phenoxy) is 1. The molecule has 0 spiro atoms. The minimum atomic E-state index is 0.00778. The topological polar surface area (TPSA) is 47.4 Å². The van der Waals surface area contributed by atoms with E-state index in [0.29, 0.717) is 13.3 Å². The molecule has 2 heterocycles. The fourth-order valence-corrected chi connectivity index (χ4v) is 3.43. The highest BCUT2D eigenvalue weighted by Crippen LogP contribution is 2.22. The third kappa shape index (κ3) is 3.07. The molecule has 0 unspecified atom stereocenters. The van der Waals surface area contributed by atoms with E-state index in [-0.39, 0.29) is 11.7 Å². The zero-order chi connectivity index (χ0) is 15.6. The lowest BCUT2D eigenvalue weighted by atomic mass is 10.1. The predicted molar refractivity (Wildman–Crippen MR) is 87.2 cm³/mol. The summed E-state index contributed by atoms with van der Waals surface area (Å²) in [7, 11) is 0. The van der Waals surface area contributed by atoms with Gasteiger partial charge >= 0.3 is 0 Å². The number of aryl methyl sites for hydroxylation is 2. The summed E-state index contributed by atoms with van der Waals surface area (Å²) in [5, 5.41) is 4.57. The van der Waals surface area contributed by atoms with Crippen molar-refractivity contribution in [3.63, 3.8) is 0 Å². The molecule has 1 aliphatic heterocycles. The fraction of sp³-hybridized carbons (Fsp3) is 0.444. The van der Waals surface area contributed by atoms with E-state index in [1.165, 1.54) is 5.56 Å². The Morgan fingerprint density at radius 1 is 1.22 bits per heavy atom. The first kappa shape index (κ1) is 14.6. The molecule has 1 aromatic heterocycles. The summed E-state index contributed by atoms with van der Waals surface area (Å²) in [6.45, 7) is 2.84. The van der Waals surface area contributed by atoms with Crippen molar-refractivity contribution in [3.8, 4) is 0 Å². The van der Waals surface area contributed by atoms with Crippen molar-refractivity contribution in [2.75, 3.05) is 19.7 Å². The van der Waals surface area contributed by atoms with Crippen molar-refractivity contribution in [1.82, 2.24) is 14.7 Å². The zero-order valence-corrected chi connectivity index (χ0v) is 13.1. The molecule has 4 rings (SSSR count). The van der Waals surface area contributed by atoms with Gasteiger partial charge in [0.15, 0.2) is 0 Å². The van der Waals surface area contributed by atoms with Gasteiger partial charge in [0.25, 0.3) is 5.56 Å². The Hall–Kier alpha value is -1.98. The van der Waals surface area contributed by atoms with Gasteiger partial charge in [0.1, 0.15) is 0 Å². The smallest absolute Gasteiger partial charge is 0.268 e. The van der Waals surface area contributed by atoms with Crippen LogP contribution in [0.1, 0.15) is 29.3 Å². The van der Waals surface area contributed by atoms with Crippen molar-refractivity contribution in [2.24, 2.45) is 0 Å². The zero-order valence-electron chi connectivity index (χ0n) is 13.1. The fourth-order valence-electron chi connectivity index (χ4n) is 3.43. The lowest BCUT2D eigenvalue weighted by Gasteiger charge is -2.33. The van der Waals surface area contributed by atoms with Gasteiger partial charge in [0, 0.05) is 19.2 Å². The van der Waals surface area contributed by atoms with Gasteiger partial charge in [-0.15, -0.1) is 0 Å². The van der Waals surface area contributed by atoms with E-state index in [1.54, 1.807) is 10.7 Å². The van der Waals surface area contributed by atoms with E-state index < -0.39 is 0 Å². The summed E-state index contributed by atoms with van der Waals surface area (Å²) < 4.78 is 7.50. The van der Waals surface area contributed by atoms with Crippen LogP contribution < -0.4 is 5.56 Å². The molecule has 0 amide bonds. The maximum atomic E-state index is 12.2. The van der Waals surface area contributed by atoms with Gasteiger partial charge in [-0.1, -0.05) is 30.3 Å². The van der Waals surface area contributed by atoms with Crippen molar-refractivity contribution in [3.05, 3.63) is 63.6 Å². The standard InChI is InChI=1S/C18H21N3O2/c22-18-11-15-7-4-8-16(15)19-21(18)13-20-9-10-23-17(12-20)14-5-2-1-3-6-14/h1-3,5-6,11,17H,4,7-10,12-13H2/t17-/m0/s1. The number of benzene rings is 1. The van der Waals surface area contributed by atoms with Crippen LogP contribution in [-0.4, -0.2) is 34.4 Å². The van der Waals surface area contributed by atoms with Gasteiger partial charge < -0.3 is 4.74 Å². The highest BCUT2D eigenvalue weighted by atomic mass is 16.5. The third-order valence-electron chi connectivity index (χ3n) is 4.68. The molecule has 120 valence electrons. The molecule has 1 aliphatic carbocycles. The first-order valence-electron chi connectivity index (χ1n) is 8.28. The van der Waals surface area contributed by atoms with Crippen LogP contribution in [0.5, 0.6) is 0 Å². The minimum absolute atomic E-state index is 0.00778. The van der Waals surface area contributed by atoms with Crippen LogP contribution in [0, 0.1) is 0 Å². The molecule has 1 saturated heterocycles. The Morgan fingerprint density at radius 2 is 2.09 bits per heavy atom. The van der Waals surface area contributed by atoms with Gasteiger partial charge in [-0.2, -0.15) is 5.10 Å². The lowest BCUT2D eigenvalue weighted by Crippen LogP contribution is -2.42. The van der Waals surface area contributed by atoms with Crippen LogP contribution >= 0.6 is 0 Å². The van der Waals surface area contributed by atoms with Crippen molar-refractivity contribution < 1.29 is 4.74 Å². The number of hydrogen-bond acceptors (Lipinski definition) is 4. The van der Waals surface area contributed by atoms with E-state index in [1.807, 2.05) is 18.2 Å². The average Bonchev–Trinajstić information content (AvgIpc) is 3.03. The second-order valence-electron chi connectivity index (χ2n) is 6.30. The Bertz CT molecular complexity index is 742. The SMILES string of the molecule is O=c1cc2c(nn1CN1CCO[C@H](c3ccccc3)C1)CCC2. The summed E-state index contributed by atoms with van der Waals surface area (Å²) >= 11 is 0. The van der Waals surface area contributed by atoms with Gasteiger partial charge in [-0.25, -0.2) is 4.68 Å². The average molecular weight is 311 g/mol. The second kappa shape index (κ2) is 6.26. The molecule has 1 aromatic carbocycles. The van der Waals surface area contributed by atoms with E-state index in [0.717, 1.165) is 43.6 Å². The lowest BCUT2D eigenvalue weighted by molar-refractivity contribution is -0.0422. The monoisotopic (exact) mass is 311 g/mol. The molecule has 0 radical (unpaired) electrons. The van der Waals surface area contributed by atoms with E-state index in [4.69, 9.17) is 4.74 Å². The van der Waals surface area contributed by atoms with Crippen LogP contribution in [0.2, 0.25) is 0 Å². The van der Waals surface area contributed by atoms with Gasteiger partial charge in [0.05, 0.1) is 25.1 Å². The number of nitrogens with zero attached hydrogens (tertiary/aromatic N) is 3. The van der Waals surface area contributed by atoms with Gasteiger partial charge in [-0.3, -0.25) is 9.69 Å². The van der Waals surface area contributed by atoms with Crippen molar-refractivity contribution >= 4 is 0 Å². The molecule has 1 atom stereocenters. The summed E-state index contributed by atoms with van der Waals surface area (Å²) in [5.74, 6) is 0. The van der Waals surface area contributed by atoms with E-state index in [9.17, 15) is 4.79 Å². The number of rotatable bonds is 3. The molecule has 5 heteroatoms. The van der Waals surface area contributed by atoms with E-state index >= 15 is 0 Å². The maximum Gasteiger partial charge on any atom is 0.268 e. The summed E-state index contributed by atoms with van der Waals surface area (Å²) in [6, 6.07) is 12.0. The van der Waals surface area contributed by atoms with Crippen LogP contribution in [0.15, 0.2) is 41.2 Å². The first-order chi connectivity index (χ1) is 11.3. The van der Waals surface area contributed by atoms with E-state index in [2.05, 4.69) is 22.1 Å². The summed E-state index contributed by atoms with van der Waals surface area (Å²) in [5.41, 5.74) is 3.42. The van der Waals surface area contributed by atoms with Gasteiger partial charge in [0.2, 0.25) is 0 Å². The maximum absolute atomic E-state index is 12.2. The first-order valence-corrected chi connectivity index (χ1v) is 8.28. The van der Waals surface area contributed by atoms with Crippen molar-refractivity contribution in [1.29, 1.82) is 0 Å². The molecular weight excluding hydrogens is 290 g/mol. The minimum Gasteiger partial charge on any atom is -0.371 e. The van der Waals surface area contributed by atoms with Crippen LogP contribution in [0.4, 0.5) is 0 Å². The molecule has 23 heavy (non-hydrogen) atoms. The Kier molecular flexibility index (Phi) is 3.97. The predicted octanol–water partition coefficient (Wildman–Crippen LogP) is 1.76. The third-order valence-corrected chi connectivity index (χ3v) is 4.68. The number of fused-ring (bicyclic) bond motifs is 1. The molecule has 2 aromatic rings. The largest absolute Gasteiger partial charge is 0.371 e. The molecular formula is C18H21N3O2. The highest BCUT2D eigenvalue weighted by Gasteiger charge is 2.23. The Balaban J connectivity index is 1.50. The van der Waals surface area contributed by atoms with Crippen LogP contribution in [-0.2, 0) is 24.2 Å². The summed E-state index contributed by atoms with van der Waals surface area (Å²) in [4.78, 5) is 14.5. The molecule has 1 fully saturated rings. The molecule has 0 saturated carbocycles. The second-order valence-corrected chi connectivity index (χ2v) is 6.30. The summed E-state index contributed by atoms with van der Waals surface area (Å²) in [6.07, 6.45) is 3.16. The molecule has 2 aliphatic rings. The highest BCUT2D eigenvalue weighted by molar-refractivity contribution is 5.22. The Labute approximate surface area is 135 Å². The molecule has 5 nitrogen and oxygen atoms in total. The number of morpholine rings is 1.